The number of anilines is 1. The molecule has 0 atom stereocenters. The Balaban J connectivity index is 1.91. The zero-order valence-corrected chi connectivity index (χ0v) is 16.2. The van der Waals surface area contributed by atoms with E-state index in [1.807, 2.05) is 26.0 Å². The van der Waals surface area contributed by atoms with Crippen molar-refractivity contribution in [1.29, 1.82) is 0 Å². The van der Waals surface area contributed by atoms with Gasteiger partial charge in [0.05, 0.1) is 5.71 Å². The van der Waals surface area contributed by atoms with Crippen molar-refractivity contribution in [1.82, 2.24) is 5.43 Å². The Labute approximate surface area is 163 Å². The van der Waals surface area contributed by atoms with Gasteiger partial charge in [0.15, 0.2) is 6.61 Å². The third kappa shape index (κ3) is 6.75. The van der Waals surface area contributed by atoms with E-state index >= 15 is 0 Å². The number of nitrogens with one attached hydrogen (secondary N) is 2. The van der Waals surface area contributed by atoms with E-state index in [0.29, 0.717) is 22.2 Å². The molecule has 2 aromatic carbocycles. The maximum atomic E-state index is 11.9. The third-order valence-corrected chi connectivity index (χ3v) is 3.86. The van der Waals surface area contributed by atoms with Gasteiger partial charge in [-0.3, -0.25) is 9.59 Å². The second-order valence-electron chi connectivity index (χ2n) is 6.20. The monoisotopic (exact) mass is 387 g/mol. The van der Waals surface area contributed by atoms with Crippen LogP contribution in [0.15, 0.2) is 53.6 Å². The Morgan fingerprint density at radius 1 is 1.15 bits per heavy atom. The van der Waals surface area contributed by atoms with Gasteiger partial charge in [-0.25, -0.2) is 5.43 Å². The molecular formula is C20H22ClN3O3. The number of hydrogen-bond donors (Lipinski definition) is 2. The van der Waals surface area contributed by atoms with Crippen LogP contribution in [-0.2, 0) is 9.59 Å². The maximum absolute atomic E-state index is 11.9. The molecule has 2 N–H and O–H groups in total. The van der Waals surface area contributed by atoms with Crippen LogP contribution in [0.4, 0.5) is 5.69 Å². The van der Waals surface area contributed by atoms with Crippen LogP contribution in [0.1, 0.15) is 26.3 Å². The van der Waals surface area contributed by atoms with Crippen molar-refractivity contribution in [3.8, 4) is 5.75 Å². The van der Waals surface area contributed by atoms with Crippen molar-refractivity contribution in [2.24, 2.45) is 11.0 Å². The van der Waals surface area contributed by atoms with Gasteiger partial charge in [0.25, 0.3) is 5.91 Å². The molecular weight excluding hydrogens is 366 g/mol. The molecule has 0 heterocycles. The second-order valence-corrected chi connectivity index (χ2v) is 6.64. The fraction of sp³-hybridized carbons (Fsp3) is 0.250. The van der Waals surface area contributed by atoms with Crippen molar-refractivity contribution in [2.45, 2.75) is 20.8 Å². The summed E-state index contributed by atoms with van der Waals surface area (Å²) in [6.45, 7) is 5.26. The molecule has 2 rings (SSSR count). The average Bonchev–Trinajstić information content (AvgIpc) is 2.65. The van der Waals surface area contributed by atoms with Gasteiger partial charge in [0.2, 0.25) is 5.91 Å². The molecule has 0 aliphatic heterocycles. The number of ether oxygens (including phenoxy) is 1. The van der Waals surface area contributed by atoms with Gasteiger partial charge in [-0.05, 0) is 48.9 Å². The molecule has 0 bridgehead atoms. The first-order chi connectivity index (χ1) is 12.8. The minimum Gasteiger partial charge on any atom is -0.484 e. The van der Waals surface area contributed by atoms with Crippen LogP contribution in [0.3, 0.4) is 0 Å². The number of halogens is 1. The lowest BCUT2D eigenvalue weighted by Crippen LogP contribution is -2.25. The second kappa shape index (κ2) is 9.73. The first kappa shape index (κ1) is 20.5. The highest BCUT2D eigenvalue weighted by molar-refractivity contribution is 6.30. The van der Waals surface area contributed by atoms with Gasteiger partial charge in [0, 0.05) is 16.6 Å². The van der Waals surface area contributed by atoms with Crippen molar-refractivity contribution in [3.05, 3.63) is 59.1 Å². The topological polar surface area (TPSA) is 79.8 Å². The number of amides is 2. The molecule has 0 radical (unpaired) electrons. The fourth-order valence-corrected chi connectivity index (χ4v) is 2.16. The van der Waals surface area contributed by atoms with E-state index in [-0.39, 0.29) is 24.3 Å². The van der Waals surface area contributed by atoms with E-state index in [9.17, 15) is 9.59 Å². The summed E-state index contributed by atoms with van der Waals surface area (Å²) in [5, 5.41) is 7.51. The minimum atomic E-state index is -0.381. The smallest absolute Gasteiger partial charge is 0.277 e. The normalized spacial score (nSPS) is 11.2. The van der Waals surface area contributed by atoms with Crippen LogP contribution in [0.5, 0.6) is 5.75 Å². The predicted octanol–water partition coefficient (Wildman–Crippen LogP) is 3.85. The van der Waals surface area contributed by atoms with Crippen molar-refractivity contribution >= 4 is 34.8 Å². The summed E-state index contributed by atoms with van der Waals surface area (Å²) in [6.07, 6.45) is 0. The van der Waals surface area contributed by atoms with Gasteiger partial charge in [-0.15, -0.1) is 0 Å². The van der Waals surface area contributed by atoms with Crippen molar-refractivity contribution < 1.29 is 14.3 Å². The van der Waals surface area contributed by atoms with Crippen LogP contribution >= 0.6 is 11.6 Å². The lowest BCUT2D eigenvalue weighted by Gasteiger charge is -2.09. The molecule has 6 nitrogen and oxygen atoms in total. The van der Waals surface area contributed by atoms with Gasteiger partial charge in [-0.1, -0.05) is 37.6 Å². The van der Waals surface area contributed by atoms with Gasteiger partial charge in [0.1, 0.15) is 5.75 Å². The first-order valence-electron chi connectivity index (χ1n) is 8.48. The Morgan fingerprint density at radius 3 is 2.52 bits per heavy atom. The van der Waals surface area contributed by atoms with E-state index < -0.39 is 0 Å². The summed E-state index contributed by atoms with van der Waals surface area (Å²) in [5.41, 5.74) is 4.52. The molecule has 0 aliphatic carbocycles. The summed E-state index contributed by atoms with van der Waals surface area (Å²) in [4.78, 5) is 23.7. The lowest BCUT2D eigenvalue weighted by molar-refractivity contribution is -0.123. The van der Waals surface area contributed by atoms with Crippen LogP contribution in [0.2, 0.25) is 5.02 Å². The van der Waals surface area contributed by atoms with Crippen molar-refractivity contribution in [2.75, 3.05) is 11.9 Å². The summed E-state index contributed by atoms with van der Waals surface area (Å²) in [5.74, 6) is -0.00449. The average molecular weight is 388 g/mol. The van der Waals surface area contributed by atoms with Gasteiger partial charge >= 0.3 is 0 Å². The highest BCUT2D eigenvalue weighted by Crippen LogP contribution is 2.15. The largest absolute Gasteiger partial charge is 0.484 e. The molecule has 0 spiro atoms. The summed E-state index contributed by atoms with van der Waals surface area (Å²) in [6, 6.07) is 14.0. The number of benzene rings is 2. The highest BCUT2D eigenvalue weighted by Gasteiger charge is 2.08. The number of hydrogen-bond acceptors (Lipinski definition) is 4. The quantitative estimate of drug-likeness (QED) is 0.559. The Kier molecular flexibility index (Phi) is 7.37. The van der Waals surface area contributed by atoms with Gasteiger partial charge in [-0.2, -0.15) is 5.10 Å². The molecule has 0 saturated heterocycles. The summed E-state index contributed by atoms with van der Waals surface area (Å²) < 4.78 is 5.36. The SMILES string of the molecule is C/C(=N/NC(=O)COc1ccc(Cl)cc1)c1cccc(NC(=O)C(C)C)c1. The third-order valence-electron chi connectivity index (χ3n) is 3.60. The predicted molar refractivity (Wildman–Crippen MR) is 107 cm³/mol. The number of carbonyl (C=O) groups is 2. The number of nitrogens with zero attached hydrogens (tertiary/aromatic N) is 1. The van der Waals surface area contributed by atoms with E-state index in [2.05, 4.69) is 15.8 Å². The maximum Gasteiger partial charge on any atom is 0.277 e. The lowest BCUT2D eigenvalue weighted by atomic mass is 10.1. The molecule has 2 amide bonds. The van der Waals surface area contributed by atoms with Crippen LogP contribution < -0.4 is 15.5 Å². The zero-order valence-electron chi connectivity index (χ0n) is 15.5. The first-order valence-corrected chi connectivity index (χ1v) is 8.85. The molecule has 0 fully saturated rings. The Bertz CT molecular complexity index is 833. The highest BCUT2D eigenvalue weighted by atomic mass is 35.5. The van der Waals surface area contributed by atoms with E-state index in [4.69, 9.17) is 16.3 Å². The van der Waals surface area contributed by atoms with E-state index in [0.717, 1.165) is 5.56 Å². The molecule has 0 saturated carbocycles. The molecule has 0 aromatic heterocycles. The summed E-state index contributed by atoms with van der Waals surface area (Å²) in [7, 11) is 0. The number of carbonyl (C=O) groups excluding carboxylic acids is 2. The Morgan fingerprint density at radius 2 is 1.85 bits per heavy atom. The number of hydrazone groups is 1. The molecule has 0 unspecified atom stereocenters. The fourth-order valence-electron chi connectivity index (χ4n) is 2.03. The van der Waals surface area contributed by atoms with Crippen LogP contribution in [0.25, 0.3) is 0 Å². The zero-order chi connectivity index (χ0) is 19.8. The summed E-state index contributed by atoms with van der Waals surface area (Å²) >= 11 is 5.80. The molecule has 27 heavy (non-hydrogen) atoms. The van der Waals surface area contributed by atoms with Crippen LogP contribution in [0, 0.1) is 5.92 Å². The van der Waals surface area contributed by atoms with E-state index in [1.54, 1.807) is 43.3 Å². The van der Waals surface area contributed by atoms with Crippen LogP contribution in [-0.4, -0.2) is 24.1 Å². The molecule has 7 heteroatoms. The Hall–Kier alpha value is -2.86. The standard InChI is InChI=1S/C20H22ClN3O3/c1-13(2)20(26)22-17-6-4-5-15(11-17)14(3)23-24-19(25)12-27-18-9-7-16(21)8-10-18/h4-11,13H,12H2,1-3H3,(H,22,26)(H,24,25)/b23-14-. The van der Waals surface area contributed by atoms with E-state index in [1.165, 1.54) is 0 Å². The molecule has 0 aliphatic rings. The molecule has 142 valence electrons. The number of rotatable bonds is 7. The van der Waals surface area contributed by atoms with Gasteiger partial charge < -0.3 is 10.1 Å². The minimum absolute atomic E-state index is 0.0607. The van der Waals surface area contributed by atoms with Crippen molar-refractivity contribution in [3.63, 3.8) is 0 Å². The molecule has 2 aromatic rings.